The lowest BCUT2D eigenvalue weighted by Crippen LogP contribution is -2.35. The second kappa shape index (κ2) is 9.90. The highest BCUT2D eigenvalue weighted by molar-refractivity contribution is 8.18. The van der Waals surface area contributed by atoms with E-state index in [4.69, 9.17) is 27.9 Å². The second-order valence-corrected chi connectivity index (χ2v) is 9.30. The third-order valence-electron chi connectivity index (χ3n) is 4.33. The van der Waals surface area contributed by atoms with Crippen LogP contribution in [0.3, 0.4) is 0 Å². The average molecular weight is 463 g/mol. The van der Waals surface area contributed by atoms with Crippen LogP contribution in [0.2, 0.25) is 10.0 Å². The zero-order chi connectivity index (χ0) is 21.8. The summed E-state index contributed by atoms with van der Waals surface area (Å²) in [5, 5.41) is 1.88. The Hall–Kier alpha value is -1.95. The molecule has 0 spiro atoms. The van der Waals surface area contributed by atoms with Crippen molar-refractivity contribution in [1.29, 1.82) is 0 Å². The summed E-state index contributed by atoms with van der Waals surface area (Å²) in [6, 6.07) is 13.1. The highest BCUT2D eigenvalue weighted by Gasteiger charge is 2.35. The monoisotopic (exact) mass is 462 g/mol. The maximum Gasteiger partial charge on any atom is 0.266 e. The van der Waals surface area contributed by atoms with Gasteiger partial charge in [-0.15, -0.1) is 0 Å². The van der Waals surface area contributed by atoms with Gasteiger partial charge >= 0.3 is 0 Å². The Morgan fingerprint density at radius 1 is 1.13 bits per heavy atom. The molecule has 0 bridgehead atoms. The molecule has 0 aromatic heterocycles. The van der Waals surface area contributed by atoms with Gasteiger partial charge in [0.25, 0.3) is 5.91 Å². The maximum atomic E-state index is 13.0. The van der Waals surface area contributed by atoms with Crippen LogP contribution in [0.4, 0.5) is 0 Å². The van der Waals surface area contributed by atoms with Crippen LogP contribution < -0.4 is 4.74 Å². The van der Waals surface area contributed by atoms with E-state index in [9.17, 15) is 4.79 Å². The van der Waals surface area contributed by atoms with E-state index in [-0.39, 0.29) is 18.0 Å². The van der Waals surface area contributed by atoms with Gasteiger partial charge in [-0.3, -0.25) is 14.7 Å². The zero-order valence-corrected chi connectivity index (χ0v) is 19.7. The molecular formula is C23H24Cl2N2O2S. The number of aliphatic imine (C=N–C) groups is 1. The molecule has 1 amide bonds. The molecule has 0 unspecified atom stereocenters. The van der Waals surface area contributed by atoms with Crippen LogP contribution >= 0.6 is 35.0 Å². The molecule has 1 aliphatic heterocycles. The van der Waals surface area contributed by atoms with E-state index < -0.39 is 0 Å². The Labute approximate surface area is 191 Å². The largest absolute Gasteiger partial charge is 0.488 e. The molecule has 1 aliphatic rings. The van der Waals surface area contributed by atoms with Gasteiger partial charge in [-0.25, -0.2) is 0 Å². The van der Waals surface area contributed by atoms with Crippen LogP contribution in [-0.2, 0) is 11.4 Å². The maximum absolute atomic E-state index is 13.0. The predicted molar refractivity (Wildman–Crippen MR) is 127 cm³/mol. The van der Waals surface area contributed by atoms with Crippen LogP contribution in [0.15, 0.2) is 52.4 Å². The van der Waals surface area contributed by atoms with Crippen molar-refractivity contribution in [3.63, 3.8) is 0 Å². The second-order valence-electron chi connectivity index (χ2n) is 7.45. The quantitative estimate of drug-likeness (QED) is 0.450. The van der Waals surface area contributed by atoms with Crippen molar-refractivity contribution in [1.82, 2.24) is 4.90 Å². The molecule has 0 saturated carbocycles. The fourth-order valence-corrected chi connectivity index (χ4v) is 4.61. The molecule has 0 atom stereocenters. The number of hydrogen-bond donors (Lipinski definition) is 0. The van der Waals surface area contributed by atoms with E-state index in [1.165, 1.54) is 11.8 Å². The fraction of sp³-hybridized carbons (Fsp3) is 0.304. The van der Waals surface area contributed by atoms with E-state index in [1.54, 1.807) is 17.0 Å². The fourth-order valence-electron chi connectivity index (χ4n) is 2.92. The lowest BCUT2D eigenvalue weighted by molar-refractivity contribution is -0.123. The number of halogens is 2. The smallest absolute Gasteiger partial charge is 0.266 e. The summed E-state index contributed by atoms with van der Waals surface area (Å²) in [7, 11) is 0. The zero-order valence-electron chi connectivity index (χ0n) is 17.4. The van der Waals surface area contributed by atoms with Gasteiger partial charge in [0.1, 0.15) is 12.4 Å². The molecule has 0 aliphatic carbocycles. The average Bonchev–Trinajstić information content (AvgIpc) is 2.96. The first-order chi connectivity index (χ1) is 14.3. The first-order valence-electron chi connectivity index (χ1n) is 9.73. The highest BCUT2D eigenvalue weighted by Crippen LogP contribution is 2.36. The number of rotatable bonds is 6. The predicted octanol–water partition coefficient (Wildman–Crippen LogP) is 6.66. The Kier molecular flexibility index (Phi) is 7.50. The third-order valence-corrected chi connectivity index (χ3v) is 5.91. The molecule has 2 aromatic carbocycles. The summed E-state index contributed by atoms with van der Waals surface area (Å²) in [5.74, 6) is 0.639. The minimum absolute atomic E-state index is 0.0342. The van der Waals surface area contributed by atoms with Crippen molar-refractivity contribution in [3.8, 4) is 5.75 Å². The number of thioether (sulfide) groups is 1. The van der Waals surface area contributed by atoms with Crippen LogP contribution in [0.1, 0.15) is 38.8 Å². The summed E-state index contributed by atoms with van der Waals surface area (Å²) in [4.78, 5) is 20.0. The van der Waals surface area contributed by atoms with Gasteiger partial charge in [-0.05, 0) is 63.7 Å². The lowest BCUT2D eigenvalue weighted by Gasteiger charge is -2.20. The van der Waals surface area contributed by atoms with E-state index in [2.05, 4.69) is 4.99 Å². The number of hydrogen-bond acceptors (Lipinski definition) is 4. The molecule has 158 valence electrons. The summed E-state index contributed by atoms with van der Waals surface area (Å²) in [6.07, 6.45) is 1.87. The molecule has 1 saturated heterocycles. The van der Waals surface area contributed by atoms with Gasteiger partial charge in [-0.1, -0.05) is 47.5 Å². The van der Waals surface area contributed by atoms with Crippen LogP contribution in [0.25, 0.3) is 6.08 Å². The molecule has 0 N–H and O–H groups in total. The van der Waals surface area contributed by atoms with Crippen LogP contribution in [-0.4, -0.2) is 28.1 Å². The van der Waals surface area contributed by atoms with E-state index >= 15 is 0 Å². The van der Waals surface area contributed by atoms with Gasteiger partial charge in [0.15, 0.2) is 5.17 Å². The molecule has 7 heteroatoms. The number of ether oxygens (including phenoxy) is 1. The van der Waals surface area contributed by atoms with Crippen molar-refractivity contribution in [2.24, 2.45) is 4.99 Å². The summed E-state index contributed by atoms with van der Waals surface area (Å²) in [6.45, 7) is 8.29. The normalized spacial score (nSPS) is 17.1. The topological polar surface area (TPSA) is 41.9 Å². The van der Waals surface area contributed by atoms with E-state index in [0.717, 1.165) is 16.3 Å². The standard InChI is InChI=1S/C23H24Cl2N2O2S/c1-14(2)26-23-27(15(3)4)22(28)21(30-23)11-16-7-5-6-8-20(16)29-13-17-9-10-18(24)12-19(17)25/h5-12,14-15H,13H2,1-4H3/b21-11+,26-23?. The van der Waals surface area contributed by atoms with Gasteiger partial charge in [-0.2, -0.15) is 0 Å². The molecule has 0 radical (unpaired) electrons. The Balaban J connectivity index is 1.86. The van der Waals surface area contributed by atoms with Crippen molar-refractivity contribution in [2.75, 3.05) is 0 Å². The molecule has 1 fully saturated rings. The van der Waals surface area contributed by atoms with Crippen molar-refractivity contribution in [3.05, 3.63) is 68.5 Å². The van der Waals surface area contributed by atoms with Crippen molar-refractivity contribution < 1.29 is 9.53 Å². The molecule has 1 heterocycles. The minimum atomic E-state index is -0.0371. The van der Waals surface area contributed by atoms with E-state index in [0.29, 0.717) is 27.3 Å². The Morgan fingerprint density at radius 3 is 2.53 bits per heavy atom. The number of benzene rings is 2. The number of para-hydroxylation sites is 1. The van der Waals surface area contributed by atoms with Crippen molar-refractivity contribution in [2.45, 2.75) is 46.4 Å². The van der Waals surface area contributed by atoms with Crippen molar-refractivity contribution >= 4 is 52.1 Å². The van der Waals surface area contributed by atoms with Gasteiger partial charge in [0.2, 0.25) is 0 Å². The lowest BCUT2D eigenvalue weighted by atomic mass is 10.1. The van der Waals surface area contributed by atoms with Gasteiger partial charge < -0.3 is 4.74 Å². The first-order valence-corrected chi connectivity index (χ1v) is 11.3. The minimum Gasteiger partial charge on any atom is -0.488 e. The number of amides is 1. The molecular weight excluding hydrogens is 439 g/mol. The molecule has 4 nitrogen and oxygen atoms in total. The summed E-state index contributed by atoms with van der Waals surface area (Å²) < 4.78 is 6.02. The Bertz CT molecular complexity index is 1000. The van der Waals surface area contributed by atoms with Gasteiger partial charge in [0.05, 0.1) is 4.91 Å². The number of nitrogens with zero attached hydrogens (tertiary/aromatic N) is 2. The summed E-state index contributed by atoms with van der Waals surface area (Å²) in [5.41, 5.74) is 1.67. The summed E-state index contributed by atoms with van der Waals surface area (Å²) >= 11 is 13.6. The van der Waals surface area contributed by atoms with Crippen LogP contribution in [0.5, 0.6) is 5.75 Å². The van der Waals surface area contributed by atoms with E-state index in [1.807, 2.05) is 64.1 Å². The molecule has 30 heavy (non-hydrogen) atoms. The SMILES string of the molecule is CC(C)N=C1S/C(=C/c2ccccc2OCc2ccc(Cl)cc2Cl)C(=O)N1C(C)C. The third kappa shape index (κ3) is 5.39. The first kappa shape index (κ1) is 22.7. The molecule has 2 aromatic rings. The molecule has 3 rings (SSSR count). The highest BCUT2D eigenvalue weighted by atomic mass is 35.5. The Morgan fingerprint density at radius 2 is 1.87 bits per heavy atom. The number of carbonyl (C=O) groups excluding carboxylic acids is 1. The number of carbonyl (C=O) groups is 1. The number of amidine groups is 1. The van der Waals surface area contributed by atoms with Gasteiger partial charge in [0, 0.05) is 33.3 Å². The van der Waals surface area contributed by atoms with Crippen LogP contribution in [0, 0.1) is 0 Å².